The van der Waals surface area contributed by atoms with Crippen LogP contribution in [0.15, 0.2) is 36.4 Å². The van der Waals surface area contributed by atoms with E-state index in [-0.39, 0.29) is 5.56 Å². The number of hydrogen-bond donors (Lipinski definition) is 1. The summed E-state index contributed by atoms with van der Waals surface area (Å²) in [6.07, 6.45) is 7.63. The molecule has 3 rings (SSSR count). The highest BCUT2D eigenvalue weighted by Gasteiger charge is 2.18. The molecule has 144 valence electrons. The molecule has 0 spiro atoms. The number of benzene rings is 2. The molecule has 0 aliphatic heterocycles. The van der Waals surface area contributed by atoms with E-state index in [1.807, 2.05) is 24.3 Å². The predicted octanol–water partition coefficient (Wildman–Crippen LogP) is 5.90. The standard InChI is InChI=1S/C25H25F2N/c1-2-3-18-4-6-19(7-5-18)8-9-20-10-12-21(13-11-20)14-15-22-16-23(26)25(28)24(27)17-22/h10-13,16-19H,2-7,28H2,1H3. The molecule has 3 heteroatoms. The molecule has 1 saturated carbocycles. The first kappa shape index (κ1) is 20.0. The molecule has 0 heterocycles. The zero-order valence-corrected chi connectivity index (χ0v) is 16.2. The van der Waals surface area contributed by atoms with Crippen molar-refractivity contribution in [3.8, 4) is 23.7 Å². The molecule has 2 aromatic carbocycles. The lowest BCUT2D eigenvalue weighted by Gasteiger charge is -2.25. The molecule has 0 atom stereocenters. The van der Waals surface area contributed by atoms with E-state index >= 15 is 0 Å². The Labute approximate surface area is 166 Å². The number of halogens is 2. The van der Waals surface area contributed by atoms with Crippen LogP contribution in [-0.4, -0.2) is 0 Å². The second kappa shape index (κ2) is 9.43. The third-order valence-electron chi connectivity index (χ3n) is 5.28. The summed E-state index contributed by atoms with van der Waals surface area (Å²) in [5.41, 5.74) is 6.77. The highest BCUT2D eigenvalue weighted by molar-refractivity contribution is 5.50. The van der Waals surface area contributed by atoms with Crippen LogP contribution in [0.1, 0.15) is 62.1 Å². The minimum atomic E-state index is -0.793. The SMILES string of the molecule is CCCC1CCC(C#Cc2ccc(C#Cc3cc(F)c(N)c(F)c3)cc2)CC1. The first-order valence-electron chi connectivity index (χ1n) is 9.93. The van der Waals surface area contributed by atoms with Gasteiger partial charge in [-0.1, -0.05) is 43.4 Å². The molecule has 1 nitrogen and oxygen atoms in total. The van der Waals surface area contributed by atoms with E-state index in [2.05, 4.69) is 30.6 Å². The molecular formula is C25H25F2N. The summed E-state index contributed by atoms with van der Waals surface area (Å²) in [7, 11) is 0. The van der Waals surface area contributed by atoms with Gasteiger partial charge in [-0.05, 0) is 68.0 Å². The van der Waals surface area contributed by atoms with Crippen LogP contribution in [0.4, 0.5) is 14.5 Å². The Morgan fingerprint density at radius 2 is 1.39 bits per heavy atom. The van der Waals surface area contributed by atoms with E-state index in [4.69, 9.17) is 5.73 Å². The van der Waals surface area contributed by atoms with E-state index in [9.17, 15) is 8.78 Å². The van der Waals surface area contributed by atoms with E-state index in [0.29, 0.717) is 5.92 Å². The van der Waals surface area contributed by atoms with Crippen LogP contribution in [0, 0.1) is 47.2 Å². The molecule has 0 radical (unpaired) electrons. The maximum atomic E-state index is 13.5. The van der Waals surface area contributed by atoms with Crippen LogP contribution in [0.2, 0.25) is 0 Å². The Balaban J connectivity index is 1.61. The average molecular weight is 377 g/mol. The van der Waals surface area contributed by atoms with Crippen molar-refractivity contribution in [2.24, 2.45) is 11.8 Å². The van der Waals surface area contributed by atoms with Gasteiger partial charge in [-0.15, -0.1) is 0 Å². The van der Waals surface area contributed by atoms with E-state index < -0.39 is 17.3 Å². The number of anilines is 1. The monoisotopic (exact) mass is 377 g/mol. The zero-order chi connectivity index (χ0) is 19.9. The van der Waals surface area contributed by atoms with Gasteiger partial charge >= 0.3 is 0 Å². The Morgan fingerprint density at radius 3 is 1.96 bits per heavy atom. The Morgan fingerprint density at radius 1 is 0.857 bits per heavy atom. The van der Waals surface area contributed by atoms with Crippen molar-refractivity contribution in [3.05, 3.63) is 64.7 Å². The first-order valence-corrected chi connectivity index (χ1v) is 9.93. The van der Waals surface area contributed by atoms with Crippen LogP contribution in [-0.2, 0) is 0 Å². The van der Waals surface area contributed by atoms with Crippen molar-refractivity contribution in [2.75, 3.05) is 5.73 Å². The molecule has 0 bridgehead atoms. The number of nitrogens with two attached hydrogens (primary N) is 1. The van der Waals surface area contributed by atoms with Crippen LogP contribution in [0.3, 0.4) is 0 Å². The minimum Gasteiger partial charge on any atom is -0.394 e. The van der Waals surface area contributed by atoms with Crippen LogP contribution in [0.5, 0.6) is 0 Å². The second-order valence-electron chi connectivity index (χ2n) is 7.46. The summed E-state index contributed by atoms with van der Waals surface area (Å²) in [6, 6.07) is 9.90. The van der Waals surface area contributed by atoms with Gasteiger partial charge in [-0.2, -0.15) is 0 Å². The topological polar surface area (TPSA) is 26.0 Å². The lowest BCUT2D eigenvalue weighted by molar-refractivity contribution is 0.300. The Kier molecular flexibility index (Phi) is 6.72. The highest BCUT2D eigenvalue weighted by Crippen LogP contribution is 2.31. The minimum absolute atomic E-state index is 0.256. The van der Waals surface area contributed by atoms with E-state index in [0.717, 1.165) is 29.2 Å². The first-order chi connectivity index (χ1) is 13.5. The summed E-state index contributed by atoms with van der Waals surface area (Å²) in [5.74, 6) is 12.2. The van der Waals surface area contributed by atoms with Gasteiger partial charge in [0.1, 0.15) is 17.3 Å². The normalized spacial score (nSPS) is 18.5. The fourth-order valence-electron chi connectivity index (χ4n) is 3.63. The van der Waals surface area contributed by atoms with Gasteiger partial charge in [0.2, 0.25) is 0 Å². The largest absolute Gasteiger partial charge is 0.394 e. The van der Waals surface area contributed by atoms with Crippen LogP contribution >= 0.6 is 0 Å². The highest BCUT2D eigenvalue weighted by atomic mass is 19.1. The van der Waals surface area contributed by atoms with Gasteiger partial charge in [-0.3, -0.25) is 0 Å². The Hall–Kier alpha value is -2.78. The third kappa shape index (κ3) is 5.37. The van der Waals surface area contributed by atoms with Crippen molar-refractivity contribution in [3.63, 3.8) is 0 Å². The summed E-state index contributed by atoms with van der Waals surface area (Å²) >= 11 is 0. The maximum Gasteiger partial charge on any atom is 0.150 e. The van der Waals surface area contributed by atoms with Crippen LogP contribution < -0.4 is 5.73 Å². The van der Waals surface area contributed by atoms with Crippen molar-refractivity contribution in [1.82, 2.24) is 0 Å². The fourth-order valence-corrected chi connectivity index (χ4v) is 3.63. The second-order valence-corrected chi connectivity index (χ2v) is 7.46. The molecule has 0 aromatic heterocycles. The van der Waals surface area contributed by atoms with Gasteiger partial charge in [0, 0.05) is 22.6 Å². The molecule has 0 unspecified atom stereocenters. The zero-order valence-electron chi connectivity index (χ0n) is 16.2. The van der Waals surface area contributed by atoms with Crippen molar-refractivity contribution in [2.45, 2.75) is 45.4 Å². The van der Waals surface area contributed by atoms with E-state index in [1.165, 1.54) is 38.5 Å². The summed E-state index contributed by atoms with van der Waals surface area (Å²) in [5, 5.41) is 0. The smallest absolute Gasteiger partial charge is 0.150 e. The summed E-state index contributed by atoms with van der Waals surface area (Å²) < 4.78 is 26.9. The molecule has 0 amide bonds. The third-order valence-corrected chi connectivity index (χ3v) is 5.28. The molecule has 2 aromatic rings. The average Bonchev–Trinajstić information content (AvgIpc) is 2.71. The van der Waals surface area contributed by atoms with Gasteiger partial charge in [0.25, 0.3) is 0 Å². The Bertz CT molecular complexity index is 907. The van der Waals surface area contributed by atoms with Crippen LogP contribution in [0.25, 0.3) is 0 Å². The van der Waals surface area contributed by atoms with Crippen molar-refractivity contribution < 1.29 is 8.78 Å². The number of nitrogen functional groups attached to an aromatic ring is 1. The van der Waals surface area contributed by atoms with Gasteiger partial charge in [0.15, 0.2) is 0 Å². The van der Waals surface area contributed by atoms with Crippen molar-refractivity contribution in [1.29, 1.82) is 0 Å². The molecule has 1 fully saturated rings. The van der Waals surface area contributed by atoms with E-state index in [1.54, 1.807) is 0 Å². The summed E-state index contributed by atoms with van der Waals surface area (Å²) in [6.45, 7) is 2.26. The number of hydrogen-bond acceptors (Lipinski definition) is 1. The van der Waals surface area contributed by atoms with Gasteiger partial charge < -0.3 is 5.73 Å². The molecule has 1 aliphatic rings. The fraction of sp³-hybridized carbons (Fsp3) is 0.360. The van der Waals surface area contributed by atoms with Gasteiger partial charge in [-0.25, -0.2) is 8.78 Å². The van der Waals surface area contributed by atoms with Gasteiger partial charge in [0.05, 0.1) is 0 Å². The molecule has 2 N–H and O–H groups in total. The molecule has 0 saturated heterocycles. The quantitative estimate of drug-likeness (QED) is 0.511. The maximum absolute atomic E-state index is 13.5. The summed E-state index contributed by atoms with van der Waals surface area (Å²) in [4.78, 5) is 0. The molecule has 1 aliphatic carbocycles. The van der Waals surface area contributed by atoms with Crippen molar-refractivity contribution >= 4 is 5.69 Å². The predicted molar refractivity (Wildman–Crippen MR) is 110 cm³/mol. The number of rotatable bonds is 2. The lowest BCUT2D eigenvalue weighted by atomic mass is 9.80. The lowest BCUT2D eigenvalue weighted by Crippen LogP contribution is -2.13. The molecule has 28 heavy (non-hydrogen) atoms. The molecular weight excluding hydrogens is 352 g/mol.